The molecule has 3 aliphatic rings. The van der Waals surface area contributed by atoms with Crippen LogP contribution < -0.4 is 31.1 Å². The van der Waals surface area contributed by atoms with Gasteiger partial charge in [0.25, 0.3) is 6.71 Å². The Hall–Kier alpha value is -7.76. The van der Waals surface area contributed by atoms with Gasteiger partial charge in [0.05, 0.1) is 11.1 Å². The molecule has 0 bridgehead atoms. The largest absolute Gasteiger partial charge is 0.456 e. The number of hydrogen-bond donors (Lipinski definition) is 0. The Bertz CT molecular complexity index is 3630. The SMILES string of the molecule is Cc1cc2c3c(c1)N(c1cccc4oc5ccccc5c14)c1cc(N(c4ccccc4)c4ccccc4)ccc1B3c1cc3c(cc1N2c1ccc(-c2ccccc2)cc1C)C(C)(C)CCC3(C)C. The van der Waals surface area contributed by atoms with Gasteiger partial charge in [-0.05, 0) is 172 Å². The molecule has 1 aromatic heterocycles. The van der Waals surface area contributed by atoms with Crippen LogP contribution in [0.5, 0.6) is 0 Å². The Kier molecular flexibility index (Phi) is 9.24. The van der Waals surface area contributed by atoms with Crippen molar-refractivity contribution in [2.24, 2.45) is 0 Å². The van der Waals surface area contributed by atoms with E-state index < -0.39 is 0 Å². The van der Waals surface area contributed by atoms with E-state index in [4.69, 9.17) is 4.42 Å². The van der Waals surface area contributed by atoms with Crippen molar-refractivity contribution in [3.63, 3.8) is 0 Å². The molecule has 4 nitrogen and oxygen atoms in total. The molecule has 0 amide bonds. The Labute approximate surface area is 406 Å². The lowest BCUT2D eigenvalue weighted by Gasteiger charge is -2.48. The molecular weight excluding hydrogens is 838 g/mol. The van der Waals surface area contributed by atoms with Gasteiger partial charge in [-0.2, -0.15) is 0 Å². The van der Waals surface area contributed by atoms with Crippen molar-refractivity contribution in [1.82, 2.24) is 0 Å². The van der Waals surface area contributed by atoms with E-state index in [-0.39, 0.29) is 17.5 Å². The first-order chi connectivity index (χ1) is 33.5. The molecule has 13 rings (SSSR count). The maximum Gasteiger partial charge on any atom is 0.252 e. The van der Waals surface area contributed by atoms with Crippen molar-refractivity contribution in [1.29, 1.82) is 0 Å². The number of aryl methyl sites for hydroxylation is 2. The molecule has 69 heavy (non-hydrogen) atoms. The van der Waals surface area contributed by atoms with Crippen LogP contribution in [0.25, 0.3) is 33.1 Å². The second kappa shape index (κ2) is 15.4. The normalized spacial score (nSPS) is 15.1. The molecule has 0 fully saturated rings. The highest BCUT2D eigenvalue weighted by Crippen LogP contribution is 2.52. The van der Waals surface area contributed by atoms with Gasteiger partial charge in [-0.15, -0.1) is 0 Å². The summed E-state index contributed by atoms with van der Waals surface area (Å²) in [4.78, 5) is 7.58. The van der Waals surface area contributed by atoms with E-state index in [1.165, 1.54) is 72.5 Å². The minimum Gasteiger partial charge on any atom is -0.456 e. The zero-order valence-corrected chi connectivity index (χ0v) is 40.2. The Morgan fingerprint density at radius 2 is 1.04 bits per heavy atom. The predicted octanol–water partition coefficient (Wildman–Crippen LogP) is 15.8. The molecule has 0 N–H and O–H groups in total. The summed E-state index contributed by atoms with van der Waals surface area (Å²) in [6, 6.07) is 71.8. The summed E-state index contributed by atoms with van der Waals surface area (Å²) in [5, 5.41) is 2.22. The molecule has 2 aliphatic heterocycles. The molecular formula is C64H54BN3O. The molecule has 1 aliphatic carbocycles. The fourth-order valence-electron chi connectivity index (χ4n) is 12.1. The van der Waals surface area contributed by atoms with E-state index in [9.17, 15) is 0 Å². The molecule has 9 aromatic carbocycles. The summed E-state index contributed by atoms with van der Waals surface area (Å²) in [6.07, 6.45) is 2.29. The van der Waals surface area contributed by atoms with Gasteiger partial charge in [0.15, 0.2) is 0 Å². The van der Waals surface area contributed by atoms with Crippen molar-refractivity contribution < 1.29 is 4.42 Å². The smallest absolute Gasteiger partial charge is 0.252 e. The topological polar surface area (TPSA) is 22.9 Å². The summed E-state index contributed by atoms with van der Waals surface area (Å²) in [6.45, 7) is 14.4. The number of para-hydroxylation sites is 3. The van der Waals surface area contributed by atoms with Crippen molar-refractivity contribution in [3.05, 3.63) is 216 Å². The fourth-order valence-corrected chi connectivity index (χ4v) is 12.1. The molecule has 0 radical (unpaired) electrons. The maximum absolute atomic E-state index is 6.66. The third-order valence-electron chi connectivity index (χ3n) is 15.6. The van der Waals surface area contributed by atoms with Crippen LogP contribution in [0.3, 0.4) is 0 Å². The first kappa shape index (κ1) is 41.4. The lowest BCUT2D eigenvalue weighted by Crippen LogP contribution is -2.62. The van der Waals surface area contributed by atoms with E-state index in [2.05, 4.69) is 250 Å². The monoisotopic (exact) mass is 891 g/mol. The Balaban J connectivity index is 1.14. The minimum absolute atomic E-state index is 0.0194. The van der Waals surface area contributed by atoms with Gasteiger partial charge in [0.2, 0.25) is 0 Å². The number of anilines is 9. The van der Waals surface area contributed by atoms with E-state index in [0.717, 1.165) is 63.2 Å². The Morgan fingerprint density at radius 1 is 0.449 bits per heavy atom. The number of furan rings is 1. The van der Waals surface area contributed by atoms with Crippen molar-refractivity contribution in [2.45, 2.75) is 65.2 Å². The summed E-state index contributed by atoms with van der Waals surface area (Å²) in [5.41, 5.74) is 24.1. The molecule has 0 unspecified atom stereocenters. The molecule has 0 atom stereocenters. The predicted molar refractivity (Wildman–Crippen MR) is 293 cm³/mol. The lowest BCUT2D eigenvalue weighted by molar-refractivity contribution is 0.332. The average Bonchev–Trinajstić information content (AvgIpc) is 3.75. The van der Waals surface area contributed by atoms with E-state index >= 15 is 0 Å². The number of benzene rings is 9. The highest BCUT2D eigenvalue weighted by molar-refractivity contribution is 7.00. The first-order valence-corrected chi connectivity index (χ1v) is 24.6. The lowest BCUT2D eigenvalue weighted by atomic mass is 9.33. The zero-order chi connectivity index (χ0) is 46.8. The fraction of sp³-hybridized carbons (Fsp3) is 0.156. The Morgan fingerprint density at radius 3 is 1.72 bits per heavy atom. The molecule has 0 spiro atoms. The average molecular weight is 892 g/mol. The summed E-state index contributed by atoms with van der Waals surface area (Å²) in [5.74, 6) is 0. The van der Waals surface area contributed by atoms with Gasteiger partial charge in [-0.25, -0.2) is 0 Å². The number of rotatable bonds is 6. The van der Waals surface area contributed by atoms with Crippen LogP contribution in [0.2, 0.25) is 0 Å². The van der Waals surface area contributed by atoms with Gasteiger partial charge in [0.1, 0.15) is 11.2 Å². The van der Waals surface area contributed by atoms with Gasteiger partial charge in [-0.1, -0.05) is 137 Å². The van der Waals surface area contributed by atoms with Crippen LogP contribution in [0.4, 0.5) is 51.2 Å². The van der Waals surface area contributed by atoms with Crippen LogP contribution >= 0.6 is 0 Å². The van der Waals surface area contributed by atoms with E-state index in [1.807, 2.05) is 0 Å². The number of fused-ring (bicyclic) bond motifs is 8. The zero-order valence-electron chi connectivity index (χ0n) is 40.2. The van der Waals surface area contributed by atoms with Gasteiger partial charge in [0, 0.05) is 50.9 Å². The van der Waals surface area contributed by atoms with Crippen LogP contribution in [0.1, 0.15) is 62.8 Å². The van der Waals surface area contributed by atoms with Crippen LogP contribution in [-0.4, -0.2) is 6.71 Å². The third-order valence-corrected chi connectivity index (χ3v) is 15.6. The van der Waals surface area contributed by atoms with Crippen LogP contribution in [0.15, 0.2) is 199 Å². The molecule has 334 valence electrons. The minimum atomic E-state index is -0.0422. The molecule has 0 saturated heterocycles. The van der Waals surface area contributed by atoms with Crippen molar-refractivity contribution >= 4 is 96.2 Å². The summed E-state index contributed by atoms with van der Waals surface area (Å²) in [7, 11) is 0. The molecule has 10 aromatic rings. The maximum atomic E-state index is 6.66. The van der Waals surface area contributed by atoms with Gasteiger partial charge >= 0.3 is 0 Å². The number of hydrogen-bond acceptors (Lipinski definition) is 4. The van der Waals surface area contributed by atoms with Crippen molar-refractivity contribution in [2.75, 3.05) is 14.7 Å². The van der Waals surface area contributed by atoms with Crippen LogP contribution in [0, 0.1) is 13.8 Å². The summed E-state index contributed by atoms with van der Waals surface area (Å²) >= 11 is 0. The van der Waals surface area contributed by atoms with Gasteiger partial charge < -0.3 is 19.1 Å². The quantitative estimate of drug-likeness (QED) is 0.155. The highest BCUT2D eigenvalue weighted by atomic mass is 16.3. The second-order valence-corrected chi connectivity index (χ2v) is 20.9. The second-order valence-electron chi connectivity index (χ2n) is 20.9. The molecule has 3 heterocycles. The van der Waals surface area contributed by atoms with Gasteiger partial charge in [-0.3, -0.25) is 0 Å². The first-order valence-electron chi connectivity index (χ1n) is 24.6. The number of nitrogens with zero attached hydrogens (tertiary/aromatic N) is 3. The van der Waals surface area contributed by atoms with Crippen molar-refractivity contribution in [3.8, 4) is 11.1 Å². The third kappa shape index (κ3) is 6.43. The summed E-state index contributed by atoms with van der Waals surface area (Å²) < 4.78 is 6.66. The standard InChI is InChI=1S/C64H54BN3O/c1-41-35-57-62-58(36-41)68(54-26-18-28-60-61(54)48-25-16-17-27-59(48)69-60)55-38-47(66(45-21-12-8-13-22-45)46-23-14-9-15-24-46)30-31-51(55)65(62)52-39-49-50(64(5,6)34-33-63(49,3)4)40-56(52)67(57)53-32-29-44(37-42(53)2)43-19-10-7-11-20-43/h7-32,35-40H,33-34H2,1-6H3. The van der Waals surface area contributed by atoms with E-state index in [1.54, 1.807) is 0 Å². The highest BCUT2D eigenvalue weighted by Gasteiger charge is 2.47. The van der Waals surface area contributed by atoms with Crippen LogP contribution in [-0.2, 0) is 10.8 Å². The molecule has 5 heteroatoms. The van der Waals surface area contributed by atoms with E-state index in [0.29, 0.717) is 0 Å². The molecule has 0 saturated carbocycles.